The average Bonchev–Trinajstić information content (AvgIpc) is 2.25. The minimum Gasteiger partial charge on any atom is -0.391 e. The van der Waals surface area contributed by atoms with Crippen molar-refractivity contribution in [2.45, 2.75) is 59.7 Å². The highest BCUT2D eigenvalue weighted by molar-refractivity contribution is 7.53. The van der Waals surface area contributed by atoms with Gasteiger partial charge < -0.3 is 14.2 Å². The van der Waals surface area contributed by atoms with Gasteiger partial charge in [-0.2, -0.15) is 0 Å². The molecule has 0 amide bonds. The molecule has 5 nitrogen and oxygen atoms in total. The van der Waals surface area contributed by atoms with E-state index in [1.807, 2.05) is 0 Å². The van der Waals surface area contributed by atoms with Crippen LogP contribution in [0.1, 0.15) is 41.5 Å². The number of aliphatic hydroxyl groups is 1. The Morgan fingerprint density at radius 1 is 1.05 bits per heavy atom. The number of rotatable bonds is 10. The van der Waals surface area contributed by atoms with Gasteiger partial charge in [0.1, 0.15) is 0 Å². The van der Waals surface area contributed by atoms with Crippen molar-refractivity contribution in [2.75, 3.05) is 25.9 Å². The van der Waals surface area contributed by atoms with Gasteiger partial charge in [-0.1, -0.05) is 0 Å². The number of hydrogen-bond donors (Lipinski definition) is 1. The van der Waals surface area contributed by atoms with E-state index in [9.17, 15) is 9.67 Å². The molecule has 0 rings (SSSR count). The van der Waals surface area contributed by atoms with Crippen LogP contribution in [0.3, 0.4) is 0 Å². The first-order chi connectivity index (χ1) is 8.75. The standard InChI is InChI=1S/C13H30NO4P/c1-7-17-19(16,18-8-2)10-13(15)9-14(11(3)4)12(5)6/h11-13,15H,7-10H2,1-6H3. The summed E-state index contributed by atoms with van der Waals surface area (Å²) in [4.78, 5) is 2.16. The second-order valence-electron chi connectivity index (χ2n) is 5.17. The molecule has 0 radical (unpaired) electrons. The monoisotopic (exact) mass is 295 g/mol. The lowest BCUT2D eigenvalue weighted by Gasteiger charge is -2.33. The third-order valence-electron chi connectivity index (χ3n) is 2.83. The fourth-order valence-corrected chi connectivity index (χ4v) is 3.82. The fourth-order valence-electron chi connectivity index (χ4n) is 2.11. The van der Waals surface area contributed by atoms with E-state index in [0.717, 1.165) is 0 Å². The van der Waals surface area contributed by atoms with Crippen LogP contribution in [-0.2, 0) is 13.6 Å². The highest BCUT2D eigenvalue weighted by Gasteiger charge is 2.29. The van der Waals surface area contributed by atoms with Gasteiger partial charge in [-0.3, -0.25) is 9.46 Å². The van der Waals surface area contributed by atoms with E-state index in [-0.39, 0.29) is 6.16 Å². The molecule has 0 aromatic carbocycles. The zero-order valence-electron chi connectivity index (χ0n) is 13.1. The lowest BCUT2D eigenvalue weighted by atomic mass is 10.2. The molecule has 1 unspecified atom stereocenters. The lowest BCUT2D eigenvalue weighted by molar-refractivity contribution is 0.0821. The molecule has 0 saturated heterocycles. The van der Waals surface area contributed by atoms with Gasteiger partial charge in [0.25, 0.3) is 0 Å². The fraction of sp³-hybridized carbons (Fsp3) is 1.00. The predicted molar refractivity (Wildman–Crippen MR) is 78.7 cm³/mol. The van der Waals surface area contributed by atoms with Crippen molar-refractivity contribution in [2.24, 2.45) is 0 Å². The van der Waals surface area contributed by atoms with Crippen LogP contribution in [0.5, 0.6) is 0 Å². The molecular weight excluding hydrogens is 265 g/mol. The molecule has 0 aromatic rings. The zero-order valence-corrected chi connectivity index (χ0v) is 14.0. The SMILES string of the molecule is CCOP(=O)(CC(O)CN(C(C)C)C(C)C)OCC. The Bertz CT molecular complexity index is 266. The van der Waals surface area contributed by atoms with Gasteiger partial charge in [0.15, 0.2) is 0 Å². The maximum atomic E-state index is 12.3. The topological polar surface area (TPSA) is 59.0 Å². The molecule has 0 saturated carbocycles. The predicted octanol–water partition coefficient (Wildman–Crippen LogP) is 2.73. The Morgan fingerprint density at radius 3 is 1.79 bits per heavy atom. The summed E-state index contributed by atoms with van der Waals surface area (Å²) < 4.78 is 22.7. The molecule has 19 heavy (non-hydrogen) atoms. The summed E-state index contributed by atoms with van der Waals surface area (Å²) in [5, 5.41) is 10.1. The normalized spacial score (nSPS) is 14.6. The van der Waals surface area contributed by atoms with E-state index < -0.39 is 13.7 Å². The Balaban J connectivity index is 4.55. The third-order valence-corrected chi connectivity index (χ3v) is 5.01. The largest absolute Gasteiger partial charge is 0.391 e. The second-order valence-corrected chi connectivity index (χ2v) is 7.27. The van der Waals surface area contributed by atoms with E-state index in [1.165, 1.54) is 0 Å². The van der Waals surface area contributed by atoms with Crippen LogP contribution in [0, 0.1) is 0 Å². The Kier molecular flexibility index (Phi) is 9.12. The third kappa shape index (κ3) is 7.42. The number of aliphatic hydroxyl groups excluding tert-OH is 1. The molecule has 0 aliphatic carbocycles. The van der Waals surface area contributed by atoms with Crippen molar-refractivity contribution in [1.29, 1.82) is 0 Å². The van der Waals surface area contributed by atoms with Gasteiger partial charge in [0.05, 0.1) is 25.5 Å². The molecule has 0 aromatic heterocycles. The van der Waals surface area contributed by atoms with Crippen LogP contribution in [0.2, 0.25) is 0 Å². The number of nitrogens with zero attached hydrogens (tertiary/aromatic N) is 1. The van der Waals surface area contributed by atoms with Crippen molar-refractivity contribution in [3.63, 3.8) is 0 Å². The van der Waals surface area contributed by atoms with E-state index in [1.54, 1.807) is 13.8 Å². The molecule has 1 N–H and O–H groups in total. The Hall–Kier alpha value is 0.0700. The van der Waals surface area contributed by atoms with Gasteiger partial charge >= 0.3 is 7.60 Å². The van der Waals surface area contributed by atoms with Gasteiger partial charge in [-0.25, -0.2) is 0 Å². The molecular formula is C13H30NO4P. The van der Waals surface area contributed by atoms with E-state index in [4.69, 9.17) is 9.05 Å². The molecule has 0 aliphatic rings. The molecule has 0 bridgehead atoms. The van der Waals surface area contributed by atoms with Crippen LogP contribution in [0.25, 0.3) is 0 Å². The molecule has 0 aliphatic heterocycles. The number of hydrogen-bond acceptors (Lipinski definition) is 5. The van der Waals surface area contributed by atoms with E-state index in [0.29, 0.717) is 31.8 Å². The first-order valence-corrected chi connectivity index (χ1v) is 8.80. The minimum absolute atomic E-state index is 0.0463. The van der Waals surface area contributed by atoms with Gasteiger partial charge in [0.2, 0.25) is 0 Å². The van der Waals surface area contributed by atoms with Gasteiger partial charge in [-0.15, -0.1) is 0 Å². The first kappa shape index (κ1) is 19.1. The van der Waals surface area contributed by atoms with Crippen LogP contribution >= 0.6 is 7.60 Å². The van der Waals surface area contributed by atoms with Gasteiger partial charge in [-0.05, 0) is 41.5 Å². The Labute approximate surface area is 117 Å². The first-order valence-electron chi connectivity index (χ1n) is 7.07. The summed E-state index contributed by atoms with van der Waals surface area (Å²) in [6, 6.07) is 0.654. The Morgan fingerprint density at radius 2 is 1.47 bits per heavy atom. The molecule has 116 valence electrons. The minimum atomic E-state index is -3.17. The van der Waals surface area contributed by atoms with Crippen molar-refractivity contribution < 1.29 is 18.7 Å². The maximum absolute atomic E-state index is 12.3. The summed E-state index contributed by atoms with van der Waals surface area (Å²) in [5.41, 5.74) is 0. The zero-order chi connectivity index (χ0) is 15.1. The quantitative estimate of drug-likeness (QED) is 0.628. The maximum Gasteiger partial charge on any atom is 0.333 e. The van der Waals surface area contributed by atoms with Crippen LogP contribution in [0.15, 0.2) is 0 Å². The molecule has 0 fully saturated rings. The molecule has 6 heteroatoms. The van der Waals surface area contributed by atoms with Crippen LogP contribution < -0.4 is 0 Å². The lowest BCUT2D eigenvalue weighted by Crippen LogP contribution is -2.43. The van der Waals surface area contributed by atoms with Crippen molar-refractivity contribution in [3.05, 3.63) is 0 Å². The van der Waals surface area contributed by atoms with Crippen LogP contribution in [-0.4, -0.2) is 54.1 Å². The smallest absolute Gasteiger partial charge is 0.333 e. The van der Waals surface area contributed by atoms with Crippen molar-refractivity contribution >= 4 is 7.60 Å². The molecule has 0 spiro atoms. The van der Waals surface area contributed by atoms with Crippen molar-refractivity contribution in [1.82, 2.24) is 4.90 Å². The van der Waals surface area contributed by atoms with Crippen molar-refractivity contribution in [3.8, 4) is 0 Å². The molecule has 1 atom stereocenters. The van der Waals surface area contributed by atoms with Crippen LogP contribution in [0.4, 0.5) is 0 Å². The summed E-state index contributed by atoms with van der Waals surface area (Å²) in [6.07, 6.45) is -0.668. The highest BCUT2D eigenvalue weighted by atomic mass is 31.2. The van der Waals surface area contributed by atoms with E-state index >= 15 is 0 Å². The average molecular weight is 295 g/mol. The highest BCUT2D eigenvalue weighted by Crippen LogP contribution is 2.48. The summed E-state index contributed by atoms with van der Waals surface area (Å²) >= 11 is 0. The van der Waals surface area contributed by atoms with Gasteiger partial charge in [0, 0.05) is 18.6 Å². The summed E-state index contributed by atoms with van der Waals surface area (Å²) in [5.74, 6) is 0. The second kappa shape index (κ2) is 9.09. The summed E-state index contributed by atoms with van der Waals surface area (Å²) in [7, 11) is -3.17. The van der Waals surface area contributed by atoms with E-state index in [2.05, 4.69) is 32.6 Å². The summed E-state index contributed by atoms with van der Waals surface area (Å²) in [6.45, 7) is 13.0. The molecule has 0 heterocycles.